The molecule has 2 N–H and O–H groups in total. The molecule has 1 aliphatic rings. The van der Waals surface area contributed by atoms with Crippen LogP contribution in [0.2, 0.25) is 0 Å². The number of aliphatic imine (C=N–C) groups is 1. The van der Waals surface area contributed by atoms with Crippen molar-refractivity contribution in [3.8, 4) is 0 Å². The smallest absolute Gasteiger partial charge is 0.225 e. The molecule has 2 aromatic rings. The summed E-state index contributed by atoms with van der Waals surface area (Å²) in [6.45, 7) is 7.91. The van der Waals surface area contributed by atoms with Gasteiger partial charge in [-0.15, -0.1) is 0 Å². The Labute approximate surface area is 147 Å². The number of guanidine groups is 1. The van der Waals surface area contributed by atoms with E-state index in [-0.39, 0.29) is 0 Å². The predicted molar refractivity (Wildman–Crippen MR) is 96.4 cm³/mol. The second-order valence-electron chi connectivity index (χ2n) is 5.94. The molecule has 8 nitrogen and oxygen atoms in total. The normalized spacial score (nSPS) is 15.7. The second-order valence-corrected chi connectivity index (χ2v) is 5.94. The van der Waals surface area contributed by atoms with Gasteiger partial charge in [-0.05, 0) is 12.5 Å². The minimum atomic E-state index is 0.518. The van der Waals surface area contributed by atoms with Crippen LogP contribution in [0, 0.1) is 0 Å². The number of piperazine rings is 1. The maximum atomic E-state index is 6.21. The molecule has 0 saturated carbocycles. The molecule has 3 rings (SSSR count). The summed E-state index contributed by atoms with van der Waals surface area (Å²) in [7, 11) is 0. The molecule has 134 valence electrons. The molecule has 0 spiro atoms. The Morgan fingerprint density at radius 2 is 1.88 bits per heavy atom. The quantitative estimate of drug-likeness (QED) is 0.644. The summed E-state index contributed by atoms with van der Waals surface area (Å²) in [5.74, 6) is 2.24. The van der Waals surface area contributed by atoms with Gasteiger partial charge in [0.15, 0.2) is 5.96 Å². The lowest BCUT2D eigenvalue weighted by Crippen LogP contribution is -2.51. The molecule has 1 fully saturated rings. The minimum absolute atomic E-state index is 0.518. The third-order valence-electron chi connectivity index (χ3n) is 4.44. The number of aromatic nitrogens is 3. The molecule has 8 heteroatoms. The van der Waals surface area contributed by atoms with Gasteiger partial charge in [0.1, 0.15) is 5.76 Å². The molecular weight excluding hydrogens is 318 g/mol. The Morgan fingerprint density at radius 3 is 2.52 bits per heavy atom. The fourth-order valence-electron chi connectivity index (χ4n) is 2.97. The molecule has 2 aromatic heterocycles. The number of aryl methyl sites for hydroxylation is 2. The van der Waals surface area contributed by atoms with Crippen LogP contribution in [0.15, 0.2) is 28.0 Å². The van der Waals surface area contributed by atoms with Gasteiger partial charge >= 0.3 is 0 Å². The van der Waals surface area contributed by atoms with Crippen molar-refractivity contribution >= 4 is 11.9 Å². The van der Waals surface area contributed by atoms with Crippen molar-refractivity contribution in [2.24, 2.45) is 10.7 Å². The first-order valence-electron chi connectivity index (χ1n) is 8.76. The minimum Gasteiger partial charge on any atom is -0.370 e. The molecule has 0 amide bonds. The van der Waals surface area contributed by atoms with Gasteiger partial charge in [-0.3, -0.25) is 0 Å². The van der Waals surface area contributed by atoms with Crippen LogP contribution in [-0.4, -0.2) is 52.2 Å². The van der Waals surface area contributed by atoms with Crippen molar-refractivity contribution in [2.45, 2.75) is 33.2 Å². The van der Waals surface area contributed by atoms with Gasteiger partial charge in [0.05, 0.1) is 12.2 Å². The third-order valence-corrected chi connectivity index (χ3v) is 4.44. The van der Waals surface area contributed by atoms with E-state index in [0.717, 1.165) is 62.0 Å². The molecule has 25 heavy (non-hydrogen) atoms. The van der Waals surface area contributed by atoms with Gasteiger partial charge in [0, 0.05) is 50.6 Å². The molecule has 0 unspecified atom stereocenters. The fourth-order valence-corrected chi connectivity index (χ4v) is 2.97. The average molecular weight is 343 g/mol. The Hall–Kier alpha value is -2.64. The molecule has 1 saturated heterocycles. The average Bonchev–Trinajstić information content (AvgIpc) is 3.09. The molecular formula is C17H25N7O. The van der Waals surface area contributed by atoms with Crippen LogP contribution < -0.4 is 10.6 Å². The van der Waals surface area contributed by atoms with Crippen LogP contribution in [0.5, 0.6) is 0 Å². The first-order chi connectivity index (χ1) is 12.2. The molecule has 0 aromatic carbocycles. The maximum absolute atomic E-state index is 6.21. The van der Waals surface area contributed by atoms with Gasteiger partial charge in [-0.1, -0.05) is 19.0 Å². The SMILES string of the molecule is CCc1noc(CC)c1CN=C(N)N1CCN(c2ncccn2)CC1. The zero-order valence-corrected chi connectivity index (χ0v) is 14.9. The lowest BCUT2D eigenvalue weighted by Gasteiger charge is -2.35. The van der Waals surface area contributed by atoms with E-state index in [9.17, 15) is 0 Å². The number of hydrogen-bond donors (Lipinski definition) is 1. The van der Waals surface area contributed by atoms with Crippen LogP contribution in [0.1, 0.15) is 30.9 Å². The fraction of sp³-hybridized carbons (Fsp3) is 0.529. The summed E-state index contributed by atoms with van der Waals surface area (Å²) >= 11 is 0. The monoisotopic (exact) mass is 343 g/mol. The van der Waals surface area contributed by atoms with E-state index in [1.165, 1.54) is 0 Å². The van der Waals surface area contributed by atoms with Crippen LogP contribution in [-0.2, 0) is 19.4 Å². The standard InChI is InChI=1S/C17H25N7O/c1-3-14-13(15(4-2)25-22-14)12-21-16(18)23-8-10-24(11-9-23)17-19-6-5-7-20-17/h5-7H,3-4,8-12H2,1-2H3,(H2,18,21). The van der Waals surface area contributed by atoms with Gasteiger partial charge in [0.2, 0.25) is 5.95 Å². The van der Waals surface area contributed by atoms with E-state index >= 15 is 0 Å². The van der Waals surface area contributed by atoms with Crippen molar-refractivity contribution in [1.29, 1.82) is 0 Å². The highest BCUT2D eigenvalue weighted by Gasteiger charge is 2.20. The van der Waals surface area contributed by atoms with Gasteiger partial charge in [0.25, 0.3) is 0 Å². The summed E-state index contributed by atoms with van der Waals surface area (Å²) in [4.78, 5) is 17.4. The number of hydrogen-bond acceptors (Lipinski definition) is 6. The Balaban J connectivity index is 1.60. The van der Waals surface area contributed by atoms with Gasteiger partial charge < -0.3 is 20.1 Å². The van der Waals surface area contributed by atoms with Gasteiger partial charge in [-0.2, -0.15) is 0 Å². The highest BCUT2D eigenvalue weighted by Crippen LogP contribution is 2.17. The summed E-state index contributed by atoms with van der Waals surface area (Å²) < 4.78 is 5.38. The Kier molecular flexibility index (Phi) is 5.47. The lowest BCUT2D eigenvalue weighted by molar-refractivity contribution is 0.377. The zero-order valence-electron chi connectivity index (χ0n) is 14.9. The predicted octanol–water partition coefficient (Wildman–Crippen LogP) is 1.23. The van der Waals surface area contributed by atoms with Crippen LogP contribution >= 0.6 is 0 Å². The van der Waals surface area contributed by atoms with E-state index in [1.807, 2.05) is 6.07 Å². The number of nitrogens with zero attached hydrogens (tertiary/aromatic N) is 6. The highest BCUT2D eigenvalue weighted by molar-refractivity contribution is 5.78. The largest absolute Gasteiger partial charge is 0.370 e. The molecule has 0 bridgehead atoms. The number of nitrogens with two attached hydrogens (primary N) is 1. The van der Waals surface area contributed by atoms with Crippen molar-refractivity contribution < 1.29 is 4.52 Å². The van der Waals surface area contributed by atoms with Gasteiger partial charge in [-0.25, -0.2) is 15.0 Å². The molecule has 0 atom stereocenters. The van der Waals surface area contributed by atoms with Crippen molar-refractivity contribution in [1.82, 2.24) is 20.0 Å². The van der Waals surface area contributed by atoms with E-state index in [0.29, 0.717) is 12.5 Å². The first kappa shape index (κ1) is 17.2. The Morgan fingerprint density at radius 1 is 1.16 bits per heavy atom. The van der Waals surface area contributed by atoms with Crippen molar-refractivity contribution in [2.75, 3.05) is 31.1 Å². The summed E-state index contributed by atoms with van der Waals surface area (Å²) in [6.07, 6.45) is 5.18. The molecule has 0 radical (unpaired) electrons. The zero-order chi connectivity index (χ0) is 17.6. The van der Waals surface area contributed by atoms with E-state index < -0.39 is 0 Å². The second kappa shape index (κ2) is 7.96. The molecule has 1 aliphatic heterocycles. The first-order valence-corrected chi connectivity index (χ1v) is 8.76. The maximum Gasteiger partial charge on any atom is 0.225 e. The number of rotatable bonds is 5. The summed E-state index contributed by atoms with van der Waals surface area (Å²) in [5, 5.41) is 4.12. The molecule has 3 heterocycles. The van der Waals surface area contributed by atoms with E-state index in [1.54, 1.807) is 12.4 Å². The molecule has 0 aliphatic carbocycles. The van der Waals surface area contributed by atoms with Crippen molar-refractivity contribution in [3.05, 3.63) is 35.5 Å². The van der Waals surface area contributed by atoms with Crippen LogP contribution in [0.3, 0.4) is 0 Å². The summed E-state index contributed by atoms with van der Waals surface area (Å²) in [6, 6.07) is 1.82. The summed E-state index contributed by atoms with van der Waals surface area (Å²) in [5.41, 5.74) is 8.25. The van der Waals surface area contributed by atoms with Crippen LogP contribution in [0.4, 0.5) is 5.95 Å². The van der Waals surface area contributed by atoms with Crippen molar-refractivity contribution in [3.63, 3.8) is 0 Å². The van der Waals surface area contributed by atoms with E-state index in [2.05, 4.69) is 43.8 Å². The Bertz CT molecular complexity index is 684. The topological polar surface area (TPSA) is 96.7 Å². The van der Waals surface area contributed by atoms with E-state index in [4.69, 9.17) is 10.3 Å². The third kappa shape index (κ3) is 3.89. The van der Waals surface area contributed by atoms with Crippen LogP contribution in [0.25, 0.3) is 0 Å². The highest BCUT2D eigenvalue weighted by atomic mass is 16.5. The lowest BCUT2D eigenvalue weighted by atomic mass is 10.1. The number of anilines is 1.